The van der Waals surface area contributed by atoms with E-state index in [0.29, 0.717) is 24.6 Å². The van der Waals surface area contributed by atoms with E-state index in [1.807, 2.05) is 6.26 Å². The number of imidazole rings is 1. The molecule has 196 valence electrons. The molecule has 0 bridgehead atoms. The molecule has 0 spiro atoms. The van der Waals surface area contributed by atoms with Crippen molar-refractivity contribution in [2.45, 2.75) is 77.6 Å². The van der Waals surface area contributed by atoms with Crippen molar-refractivity contribution in [3.05, 3.63) is 16.7 Å². The molecular formula is C22H37N5O5S2Si. The number of rotatable bonds is 10. The molecule has 2 aromatic rings. The molecule has 13 heteroatoms. The second-order valence-electron chi connectivity index (χ2n) is 10.4. The van der Waals surface area contributed by atoms with E-state index in [2.05, 4.69) is 54.1 Å². The predicted octanol–water partition coefficient (Wildman–Crippen LogP) is 4.38. The van der Waals surface area contributed by atoms with Crippen LogP contribution in [0.15, 0.2) is 11.1 Å². The summed E-state index contributed by atoms with van der Waals surface area (Å²) < 4.78 is 20.7. The summed E-state index contributed by atoms with van der Waals surface area (Å²) in [5, 5.41) is 2.73. The molecule has 35 heavy (non-hydrogen) atoms. The minimum atomic E-state index is -1.97. The third-order valence-electron chi connectivity index (χ3n) is 6.55. The predicted molar refractivity (Wildman–Crippen MR) is 144 cm³/mol. The van der Waals surface area contributed by atoms with Gasteiger partial charge >= 0.3 is 0 Å². The molecule has 2 aromatic heterocycles. The van der Waals surface area contributed by atoms with Crippen LogP contribution in [-0.4, -0.2) is 64.8 Å². The average Bonchev–Trinajstić information content (AvgIpc) is 3.36. The molecule has 0 aromatic carbocycles. The van der Waals surface area contributed by atoms with Crippen molar-refractivity contribution in [2.24, 2.45) is 5.92 Å². The second kappa shape index (κ2) is 11.3. The summed E-state index contributed by atoms with van der Waals surface area (Å²) in [7, 11) is 1.30. The molecule has 1 fully saturated rings. The third-order valence-corrected chi connectivity index (χ3v) is 12.5. The minimum absolute atomic E-state index is 0.0817. The van der Waals surface area contributed by atoms with Gasteiger partial charge in [0.15, 0.2) is 19.5 Å². The van der Waals surface area contributed by atoms with Gasteiger partial charge in [-0.15, -0.1) is 0 Å². The van der Waals surface area contributed by atoms with Gasteiger partial charge in [0.25, 0.3) is 5.56 Å². The number of ether oxygens (including phenoxy) is 2. The fourth-order valence-corrected chi connectivity index (χ4v) is 5.12. The van der Waals surface area contributed by atoms with E-state index in [1.165, 1.54) is 0 Å². The number of anilines is 1. The number of fused-ring (bicyclic) bond motifs is 1. The average molecular weight is 544 g/mol. The number of aromatic amines is 1. The summed E-state index contributed by atoms with van der Waals surface area (Å²) >= 11 is 0. The quantitative estimate of drug-likeness (QED) is 0.195. The highest BCUT2D eigenvalue weighted by atomic mass is 33.1. The number of amides is 1. The van der Waals surface area contributed by atoms with E-state index in [4.69, 9.17) is 13.9 Å². The van der Waals surface area contributed by atoms with Crippen LogP contribution in [-0.2, 0) is 18.7 Å². The van der Waals surface area contributed by atoms with Crippen LogP contribution in [0.1, 0.15) is 47.3 Å². The number of nitrogens with zero attached hydrogens (tertiary/aromatic N) is 3. The molecule has 0 saturated carbocycles. The van der Waals surface area contributed by atoms with E-state index in [1.54, 1.807) is 46.3 Å². The van der Waals surface area contributed by atoms with E-state index in [-0.39, 0.29) is 40.5 Å². The highest BCUT2D eigenvalue weighted by Crippen LogP contribution is 2.39. The lowest BCUT2D eigenvalue weighted by Crippen LogP contribution is -2.44. The van der Waals surface area contributed by atoms with Crippen molar-refractivity contribution in [1.29, 1.82) is 0 Å². The summed E-state index contributed by atoms with van der Waals surface area (Å²) in [6.45, 7) is 15.0. The monoisotopic (exact) mass is 543 g/mol. The van der Waals surface area contributed by atoms with Gasteiger partial charge in [0.2, 0.25) is 11.9 Å². The van der Waals surface area contributed by atoms with E-state index < -0.39 is 20.1 Å². The van der Waals surface area contributed by atoms with Gasteiger partial charge in [0, 0.05) is 12.3 Å². The molecule has 3 atom stereocenters. The lowest BCUT2D eigenvalue weighted by atomic mass is 10.2. The summed E-state index contributed by atoms with van der Waals surface area (Å²) in [4.78, 5) is 36.0. The molecule has 0 aliphatic carbocycles. The van der Waals surface area contributed by atoms with Gasteiger partial charge in [-0.3, -0.25) is 24.5 Å². The zero-order valence-electron chi connectivity index (χ0n) is 21.7. The van der Waals surface area contributed by atoms with Gasteiger partial charge in [-0.2, -0.15) is 4.98 Å². The molecule has 1 saturated heterocycles. The van der Waals surface area contributed by atoms with Crippen molar-refractivity contribution in [1.82, 2.24) is 19.5 Å². The molecule has 2 N–H and O–H groups in total. The maximum Gasteiger partial charge on any atom is 0.280 e. The number of H-pyrrole nitrogens is 1. The lowest BCUT2D eigenvalue weighted by molar-refractivity contribution is -0.118. The Balaban J connectivity index is 1.85. The Bertz CT molecular complexity index is 1080. The Morgan fingerprint density at radius 2 is 2.11 bits per heavy atom. The standard InChI is InChI=1S/C22H37N5O5S2Si/c1-13(2)19(28)25-21-24-18-17(20(29)26-21)23-11-27(18)16-9-14(30-12-34-33-6)15(32-16)10-31-35(7,8)22(3,4)5/h11,13-16H,9-10,12H2,1-8H3,(H2,24,25,26,28,29)/t14?,15-,16-/m1/s1. The van der Waals surface area contributed by atoms with Crippen LogP contribution in [0.5, 0.6) is 0 Å². The fourth-order valence-electron chi connectivity index (χ4n) is 3.32. The number of aromatic nitrogens is 4. The molecule has 1 aliphatic heterocycles. The van der Waals surface area contributed by atoms with Crippen molar-refractivity contribution in [3.8, 4) is 0 Å². The molecular weight excluding hydrogens is 506 g/mol. The third kappa shape index (κ3) is 6.69. The van der Waals surface area contributed by atoms with Crippen LogP contribution in [0.25, 0.3) is 11.2 Å². The lowest BCUT2D eigenvalue weighted by Gasteiger charge is -2.37. The van der Waals surface area contributed by atoms with Crippen LogP contribution >= 0.6 is 21.6 Å². The smallest absolute Gasteiger partial charge is 0.280 e. The van der Waals surface area contributed by atoms with Crippen LogP contribution in [0.3, 0.4) is 0 Å². The van der Waals surface area contributed by atoms with Crippen molar-refractivity contribution < 1.29 is 18.7 Å². The number of carbonyl (C=O) groups excluding carboxylic acids is 1. The van der Waals surface area contributed by atoms with Gasteiger partial charge in [-0.05, 0) is 24.4 Å². The van der Waals surface area contributed by atoms with E-state index >= 15 is 0 Å². The summed E-state index contributed by atoms with van der Waals surface area (Å²) in [6, 6.07) is 0. The Labute approximate surface area is 215 Å². The van der Waals surface area contributed by atoms with Crippen molar-refractivity contribution in [3.63, 3.8) is 0 Å². The molecule has 3 rings (SSSR count). The van der Waals surface area contributed by atoms with Crippen molar-refractivity contribution in [2.75, 3.05) is 24.1 Å². The van der Waals surface area contributed by atoms with Gasteiger partial charge in [-0.1, -0.05) is 56.2 Å². The normalized spacial score (nSPS) is 21.2. The molecule has 10 nitrogen and oxygen atoms in total. The fraction of sp³-hybridized carbons (Fsp3) is 0.727. The maximum atomic E-state index is 12.6. The van der Waals surface area contributed by atoms with Crippen molar-refractivity contribution >= 4 is 52.9 Å². The summed E-state index contributed by atoms with van der Waals surface area (Å²) in [5.74, 6) is 0.131. The van der Waals surface area contributed by atoms with Crippen LogP contribution < -0.4 is 10.9 Å². The zero-order valence-corrected chi connectivity index (χ0v) is 24.3. The van der Waals surface area contributed by atoms with Crippen LogP contribution in [0, 0.1) is 5.92 Å². The van der Waals surface area contributed by atoms with Crippen LogP contribution in [0.4, 0.5) is 5.95 Å². The molecule has 1 unspecified atom stereocenters. The number of carbonyl (C=O) groups is 1. The van der Waals surface area contributed by atoms with Gasteiger partial charge in [0.1, 0.15) is 18.3 Å². The first kappa shape index (κ1) is 28.2. The Morgan fingerprint density at radius 1 is 1.40 bits per heavy atom. The highest BCUT2D eigenvalue weighted by Gasteiger charge is 2.42. The number of hydrogen-bond donors (Lipinski definition) is 2. The summed E-state index contributed by atoms with van der Waals surface area (Å²) in [6.07, 6.45) is 3.25. The van der Waals surface area contributed by atoms with E-state index in [0.717, 1.165) is 0 Å². The Kier molecular flexibility index (Phi) is 9.14. The number of hydrogen-bond acceptors (Lipinski definition) is 9. The second-order valence-corrected chi connectivity index (χ2v) is 17.7. The van der Waals surface area contributed by atoms with Gasteiger partial charge < -0.3 is 13.9 Å². The Morgan fingerprint density at radius 3 is 2.74 bits per heavy atom. The SMILES string of the molecule is CSSCOC1C[C@H](n2cnc3c(=O)[nH]c(NC(=O)C(C)C)nc32)O[C@@H]1CO[Si](C)(C)C(C)(C)C. The molecule has 0 radical (unpaired) electrons. The zero-order chi connectivity index (χ0) is 26.0. The van der Waals surface area contributed by atoms with E-state index in [9.17, 15) is 9.59 Å². The molecule has 3 heterocycles. The first-order valence-electron chi connectivity index (χ1n) is 11.7. The minimum Gasteiger partial charge on any atom is -0.414 e. The molecule has 1 amide bonds. The summed E-state index contributed by atoms with van der Waals surface area (Å²) in [5.41, 5.74) is 0.112. The topological polar surface area (TPSA) is 120 Å². The van der Waals surface area contributed by atoms with Gasteiger partial charge in [0.05, 0.1) is 19.0 Å². The first-order valence-corrected chi connectivity index (χ1v) is 17.3. The molecule has 1 aliphatic rings. The largest absolute Gasteiger partial charge is 0.414 e. The Hall–Kier alpha value is -1.38. The highest BCUT2D eigenvalue weighted by molar-refractivity contribution is 8.76. The first-order chi connectivity index (χ1) is 16.3. The maximum absolute atomic E-state index is 12.6. The van der Waals surface area contributed by atoms with Gasteiger partial charge in [-0.25, -0.2) is 4.98 Å². The number of nitrogens with one attached hydrogen (secondary N) is 2. The van der Waals surface area contributed by atoms with Crippen LogP contribution in [0.2, 0.25) is 18.1 Å².